The van der Waals surface area contributed by atoms with E-state index in [0.29, 0.717) is 6.42 Å². The average Bonchev–Trinajstić information content (AvgIpc) is 2.30. The minimum absolute atomic E-state index is 0.291. The van der Waals surface area contributed by atoms with Crippen molar-refractivity contribution in [3.05, 3.63) is 29.8 Å². The summed E-state index contributed by atoms with van der Waals surface area (Å²) in [5, 5.41) is 3.36. The molecule has 17 heavy (non-hydrogen) atoms. The summed E-state index contributed by atoms with van der Waals surface area (Å²) in [5.41, 5.74) is 7.21. The first kappa shape index (κ1) is 13.9. The lowest BCUT2D eigenvalue weighted by molar-refractivity contribution is -0.117. The molecule has 0 saturated carbocycles. The number of amides is 1. The Labute approximate surface area is 107 Å². The first-order valence-corrected chi connectivity index (χ1v) is 7.07. The summed E-state index contributed by atoms with van der Waals surface area (Å²) >= 11 is 1.94. The maximum absolute atomic E-state index is 10.9. The van der Waals surface area contributed by atoms with Crippen LogP contribution in [0.3, 0.4) is 0 Å². The topological polar surface area (TPSA) is 55.1 Å². The van der Waals surface area contributed by atoms with Crippen molar-refractivity contribution >= 4 is 23.4 Å². The lowest BCUT2D eigenvalue weighted by Gasteiger charge is -2.10. The van der Waals surface area contributed by atoms with Gasteiger partial charge in [0.05, 0.1) is 6.42 Å². The molecule has 4 heteroatoms. The SMILES string of the molecule is CCSCCCNc1ccccc1CC(N)=O. The fourth-order valence-electron chi connectivity index (χ4n) is 1.58. The van der Waals surface area contributed by atoms with Gasteiger partial charge in [0.15, 0.2) is 0 Å². The molecule has 1 amide bonds. The van der Waals surface area contributed by atoms with Gasteiger partial charge in [0.1, 0.15) is 0 Å². The van der Waals surface area contributed by atoms with Crippen LogP contribution < -0.4 is 11.1 Å². The van der Waals surface area contributed by atoms with Crippen LogP contribution in [0.1, 0.15) is 18.9 Å². The Balaban J connectivity index is 2.43. The van der Waals surface area contributed by atoms with Crippen LogP contribution in [-0.4, -0.2) is 24.0 Å². The third-order valence-electron chi connectivity index (χ3n) is 2.37. The van der Waals surface area contributed by atoms with Crippen molar-refractivity contribution in [3.63, 3.8) is 0 Å². The highest BCUT2D eigenvalue weighted by molar-refractivity contribution is 7.99. The van der Waals surface area contributed by atoms with Crippen LogP contribution in [0.25, 0.3) is 0 Å². The van der Waals surface area contributed by atoms with Crippen molar-refractivity contribution in [2.75, 3.05) is 23.4 Å². The highest BCUT2D eigenvalue weighted by Gasteiger charge is 2.03. The molecule has 3 nitrogen and oxygen atoms in total. The predicted molar refractivity (Wildman–Crippen MR) is 75.4 cm³/mol. The molecule has 1 aromatic rings. The van der Waals surface area contributed by atoms with Gasteiger partial charge in [0, 0.05) is 12.2 Å². The van der Waals surface area contributed by atoms with E-state index < -0.39 is 0 Å². The van der Waals surface area contributed by atoms with E-state index in [1.807, 2.05) is 36.0 Å². The molecule has 0 spiro atoms. The Hall–Kier alpha value is -1.16. The molecule has 0 aromatic heterocycles. The standard InChI is InChI=1S/C13H20N2OS/c1-2-17-9-5-8-15-12-7-4-3-6-11(12)10-13(14)16/h3-4,6-7,15H,2,5,8-10H2,1H3,(H2,14,16). The van der Waals surface area contributed by atoms with Gasteiger partial charge in [0.25, 0.3) is 0 Å². The minimum atomic E-state index is -0.291. The van der Waals surface area contributed by atoms with Gasteiger partial charge in [-0.2, -0.15) is 11.8 Å². The highest BCUT2D eigenvalue weighted by atomic mass is 32.2. The minimum Gasteiger partial charge on any atom is -0.385 e. The molecule has 3 N–H and O–H groups in total. The van der Waals surface area contributed by atoms with E-state index in [0.717, 1.165) is 30.0 Å². The number of nitrogens with one attached hydrogen (secondary N) is 1. The zero-order chi connectivity index (χ0) is 12.5. The van der Waals surface area contributed by atoms with Crippen LogP contribution in [0.15, 0.2) is 24.3 Å². The molecule has 0 aliphatic carbocycles. The van der Waals surface area contributed by atoms with Gasteiger partial charge in [0.2, 0.25) is 5.91 Å². The molecule has 0 bridgehead atoms. The van der Waals surface area contributed by atoms with Gasteiger partial charge < -0.3 is 11.1 Å². The van der Waals surface area contributed by atoms with Crippen LogP contribution in [0.5, 0.6) is 0 Å². The van der Waals surface area contributed by atoms with Gasteiger partial charge in [-0.15, -0.1) is 0 Å². The number of carbonyl (C=O) groups is 1. The first-order valence-electron chi connectivity index (χ1n) is 5.92. The smallest absolute Gasteiger partial charge is 0.221 e. The van der Waals surface area contributed by atoms with Crippen molar-refractivity contribution < 1.29 is 4.79 Å². The molecule has 0 aliphatic rings. The van der Waals surface area contributed by atoms with Crippen LogP contribution >= 0.6 is 11.8 Å². The fourth-order valence-corrected chi connectivity index (χ4v) is 2.21. The van der Waals surface area contributed by atoms with Crippen LogP contribution in [0.2, 0.25) is 0 Å². The molecule has 1 aromatic carbocycles. The van der Waals surface area contributed by atoms with Crippen molar-refractivity contribution in [2.45, 2.75) is 19.8 Å². The summed E-state index contributed by atoms with van der Waals surface area (Å²) in [6, 6.07) is 7.82. The van der Waals surface area contributed by atoms with E-state index in [2.05, 4.69) is 12.2 Å². The van der Waals surface area contributed by atoms with Crippen LogP contribution in [0, 0.1) is 0 Å². The predicted octanol–water partition coefficient (Wildman–Crippen LogP) is 2.27. The number of carbonyl (C=O) groups excluding carboxylic acids is 1. The van der Waals surface area contributed by atoms with E-state index in [1.165, 1.54) is 5.75 Å². The Morgan fingerprint density at radius 2 is 2.18 bits per heavy atom. The van der Waals surface area contributed by atoms with Crippen LogP contribution in [0.4, 0.5) is 5.69 Å². The number of rotatable bonds is 8. The maximum atomic E-state index is 10.9. The van der Waals surface area contributed by atoms with Gasteiger partial charge >= 0.3 is 0 Å². The molecular weight excluding hydrogens is 232 g/mol. The first-order chi connectivity index (χ1) is 8.24. The number of benzene rings is 1. The maximum Gasteiger partial charge on any atom is 0.221 e. The van der Waals surface area contributed by atoms with Crippen molar-refractivity contribution in [3.8, 4) is 0 Å². The third-order valence-corrected chi connectivity index (χ3v) is 3.35. The molecule has 0 aliphatic heterocycles. The summed E-state index contributed by atoms with van der Waals surface area (Å²) in [4.78, 5) is 10.9. The van der Waals surface area contributed by atoms with E-state index >= 15 is 0 Å². The van der Waals surface area contributed by atoms with Gasteiger partial charge in [-0.05, 0) is 29.6 Å². The summed E-state index contributed by atoms with van der Waals surface area (Å²) < 4.78 is 0. The van der Waals surface area contributed by atoms with E-state index in [4.69, 9.17) is 5.73 Å². The normalized spacial score (nSPS) is 10.2. The Morgan fingerprint density at radius 3 is 2.88 bits per heavy atom. The monoisotopic (exact) mass is 252 g/mol. The number of nitrogens with two attached hydrogens (primary N) is 1. The van der Waals surface area contributed by atoms with Gasteiger partial charge in [-0.25, -0.2) is 0 Å². The number of para-hydroxylation sites is 1. The molecule has 0 radical (unpaired) electrons. The van der Waals surface area contributed by atoms with Gasteiger partial charge in [-0.3, -0.25) is 4.79 Å². The Bertz CT molecular complexity index is 355. The lowest BCUT2D eigenvalue weighted by atomic mass is 10.1. The Morgan fingerprint density at radius 1 is 1.41 bits per heavy atom. The second kappa shape index (κ2) is 8.01. The number of primary amides is 1. The molecular formula is C13H20N2OS. The summed E-state index contributed by atoms with van der Waals surface area (Å²) in [6.45, 7) is 3.10. The summed E-state index contributed by atoms with van der Waals surface area (Å²) in [7, 11) is 0. The number of anilines is 1. The second-order valence-corrected chi connectivity index (χ2v) is 5.17. The fraction of sp³-hybridized carbons (Fsp3) is 0.462. The zero-order valence-electron chi connectivity index (χ0n) is 10.2. The van der Waals surface area contributed by atoms with Crippen LogP contribution in [-0.2, 0) is 11.2 Å². The molecule has 0 unspecified atom stereocenters. The highest BCUT2D eigenvalue weighted by Crippen LogP contribution is 2.15. The van der Waals surface area contributed by atoms with Crippen molar-refractivity contribution in [2.24, 2.45) is 5.73 Å². The largest absolute Gasteiger partial charge is 0.385 e. The van der Waals surface area contributed by atoms with Crippen molar-refractivity contribution in [1.29, 1.82) is 0 Å². The van der Waals surface area contributed by atoms with E-state index in [9.17, 15) is 4.79 Å². The third kappa shape index (κ3) is 5.63. The van der Waals surface area contributed by atoms with Crippen molar-refractivity contribution in [1.82, 2.24) is 0 Å². The molecule has 0 saturated heterocycles. The molecule has 94 valence electrons. The number of hydrogen-bond donors (Lipinski definition) is 2. The van der Waals surface area contributed by atoms with E-state index in [-0.39, 0.29) is 5.91 Å². The molecule has 0 fully saturated rings. The summed E-state index contributed by atoms with van der Waals surface area (Å²) in [6.07, 6.45) is 1.43. The quantitative estimate of drug-likeness (QED) is 0.698. The lowest BCUT2D eigenvalue weighted by Crippen LogP contribution is -2.15. The number of hydrogen-bond acceptors (Lipinski definition) is 3. The molecule has 1 rings (SSSR count). The van der Waals surface area contributed by atoms with Gasteiger partial charge in [-0.1, -0.05) is 25.1 Å². The average molecular weight is 252 g/mol. The number of thioether (sulfide) groups is 1. The summed E-state index contributed by atoms with van der Waals surface area (Å²) in [5.74, 6) is 2.04. The van der Waals surface area contributed by atoms with E-state index in [1.54, 1.807) is 0 Å². The molecule has 0 heterocycles. The zero-order valence-corrected chi connectivity index (χ0v) is 11.1. The molecule has 0 atom stereocenters. The second-order valence-electron chi connectivity index (χ2n) is 3.78. The Kier molecular flexibility index (Phi) is 6.55.